The minimum Gasteiger partial charge on any atom is -0.376 e. The van der Waals surface area contributed by atoms with Crippen LogP contribution in [0.25, 0.3) is 0 Å². The molecule has 144 valence electrons. The fourth-order valence-corrected chi connectivity index (χ4v) is 3.55. The molecule has 1 unspecified atom stereocenters. The minimum atomic E-state index is -0.395. The molecule has 1 aromatic heterocycles. The molecule has 1 fully saturated rings. The predicted octanol–water partition coefficient (Wildman–Crippen LogP) is 3.11. The molecule has 0 amide bonds. The molecule has 0 spiro atoms. The van der Waals surface area contributed by atoms with Crippen molar-refractivity contribution >= 4 is 23.0 Å². The van der Waals surface area contributed by atoms with E-state index in [2.05, 4.69) is 33.1 Å². The zero-order valence-electron chi connectivity index (χ0n) is 15.1. The first kappa shape index (κ1) is 19.3. The third-order valence-corrected chi connectivity index (χ3v) is 5.27. The molecule has 0 aliphatic carbocycles. The summed E-state index contributed by atoms with van der Waals surface area (Å²) >= 11 is 1.75. The van der Waals surface area contributed by atoms with Gasteiger partial charge in [-0.2, -0.15) is 0 Å². The van der Waals surface area contributed by atoms with E-state index < -0.39 is 4.92 Å². The number of rotatable bonds is 8. The zero-order valence-corrected chi connectivity index (χ0v) is 15.9. The van der Waals surface area contributed by atoms with Gasteiger partial charge in [0.1, 0.15) is 0 Å². The number of nitro benzene ring substituents is 1. The molecule has 7 nitrogen and oxygen atoms in total. The van der Waals surface area contributed by atoms with E-state index in [-0.39, 0.29) is 11.8 Å². The topological polar surface area (TPSA) is 88.8 Å². The van der Waals surface area contributed by atoms with Gasteiger partial charge in [-0.05, 0) is 36.3 Å². The lowest BCUT2D eigenvalue weighted by Gasteiger charge is -2.15. The average molecular weight is 388 g/mol. The first-order valence-corrected chi connectivity index (χ1v) is 9.98. The lowest BCUT2D eigenvalue weighted by molar-refractivity contribution is -0.384. The van der Waals surface area contributed by atoms with Gasteiger partial charge in [0.15, 0.2) is 5.96 Å². The SMILES string of the molecule is O=[N+]([O-])c1ccc(CN=C(NCCc2cccs2)NCC2CCCO2)cc1. The van der Waals surface area contributed by atoms with Crippen LogP contribution in [0.3, 0.4) is 0 Å². The predicted molar refractivity (Wildman–Crippen MR) is 107 cm³/mol. The summed E-state index contributed by atoms with van der Waals surface area (Å²) in [6.07, 6.45) is 3.34. The van der Waals surface area contributed by atoms with E-state index in [4.69, 9.17) is 4.74 Å². The number of hydrogen-bond donors (Lipinski definition) is 2. The Labute approximate surface area is 162 Å². The molecule has 1 aliphatic rings. The van der Waals surface area contributed by atoms with E-state index in [0.29, 0.717) is 6.54 Å². The summed E-state index contributed by atoms with van der Waals surface area (Å²) in [7, 11) is 0. The molecule has 0 bridgehead atoms. The first-order valence-electron chi connectivity index (χ1n) is 9.10. The number of nitrogens with one attached hydrogen (secondary N) is 2. The number of thiophene rings is 1. The zero-order chi connectivity index (χ0) is 18.9. The smallest absolute Gasteiger partial charge is 0.269 e. The van der Waals surface area contributed by atoms with Gasteiger partial charge < -0.3 is 15.4 Å². The Morgan fingerprint density at radius 3 is 2.81 bits per heavy atom. The number of aliphatic imine (C=N–C) groups is 1. The van der Waals surface area contributed by atoms with Gasteiger partial charge in [-0.25, -0.2) is 4.99 Å². The van der Waals surface area contributed by atoms with Crippen molar-refractivity contribution in [3.8, 4) is 0 Å². The van der Waals surface area contributed by atoms with E-state index in [1.165, 1.54) is 17.0 Å². The molecular weight excluding hydrogens is 364 g/mol. The van der Waals surface area contributed by atoms with Crippen LogP contribution in [-0.2, 0) is 17.7 Å². The van der Waals surface area contributed by atoms with Crippen LogP contribution < -0.4 is 10.6 Å². The van der Waals surface area contributed by atoms with Gasteiger partial charge in [0.25, 0.3) is 5.69 Å². The Morgan fingerprint density at radius 2 is 2.15 bits per heavy atom. The fourth-order valence-electron chi connectivity index (χ4n) is 2.84. The molecular formula is C19H24N4O3S. The van der Waals surface area contributed by atoms with Crippen LogP contribution in [-0.4, -0.2) is 36.7 Å². The average Bonchev–Trinajstić information content (AvgIpc) is 3.37. The summed E-state index contributed by atoms with van der Waals surface area (Å²) in [5.74, 6) is 0.736. The van der Waals surface area contributed by atoms with Gasteiger partial charge in [0.2, 0.25) is 0 Å². The van der Waals surface area contributed by atoms with E-state index in [1.807, 2.05) is 0 Å². The van der Waals surface area contributed by atoms with Crippen molar-refractivity contribution in [2.45, 2.75) is 31.9 Å². The van der Waals surface area contributed by atoms with Crippen molar-refractivity contribution in [3.63, 3.8) is 0 Å². The third kappa shape index (κ3) is 6.33. The third-order valence-electron chi connectivity index (χ3n) is 4.33. The number of hydrogen-bond acceptors (Lipinski definition) is 5. The van der Waals surface area contributed by atoms with Gasteiger partial charge in [0.05, 0.1) is 17.6 Å². The molecule has 27 heavy (non-hydrogen) atoms. The highest BCUT2D eigenvalue weighted by Gasteiger charge is 2.15. The molecule has 1 aliphatic heterocycles. The van der Waals surface area contributed by atoms with Crippen LogP contribution in [0, 0.1) is 10.1 Å². The van der Waals surface area contributed by atoms with Gasteiger partial charge in [-0.15, -0.1) is 11.3 Å². The maximum Gasteiger partial charge on any atom is 0.269 e. The van der Waals surface area contributed by atoms with Crippen molar-refractivity contribution in [2.24, 2.45) is 4.99 Å². The molecule has 2 heterocycles. The summed E-state index contributed by atoms with van der Waals surface area (Å²) in [4.78, 5) is 16.3. The number of benzene rings is 1. The fraction of sp³-hybridized carbons (Fsp3) is 0.421. The highest BCUT2D eigenvalue weighted by Crippen LogP contribution is 2.13. The van der Waals surface area contributed by atoms with Crippen LogP contribution in [0.2, 0.25) is 0 Å². The standard InChI is InChI=1S/C19H24N4O3S/c24-23(25)16-7-5-15(6-8-16)13-21-19(22-14-17-3-1-11-26-17)20-10-9-18-4-2-12-27-18/h2,4-8,12,17H,1,3,9-11,13-14H2,(H2,20,21,22). The lowest BCUT2D eigenvalue weighted by atomic mass is 10.2. The van der Waals surface area contributed by atoms with Gasteiger partial charge in [-0.3, -0.25) is 10.1 Å². The number of nitrogens with zero attached hydrogens (tertiary/aromatic N) is 2. The molecule has 2 aromatic rings. The highest BCUT2D eigenvalue weighted by molar-refractivity contribution is 7.09. The maximum atomic E-state index is 10.8. The lowest BCUT2D eigenvalue weighted by Crippen LogP contribution is -2.41. The number of non-ortho nitro benzene ring substituents is 1. The Bertz CT molecular complexity index is 741. The van der Waals surface area contributed by atoms with Crippen LogP contribution >= 0.6 is 11.3 Å². The first-order chi connectivity index (χ1) is 13.2. The number of ether oxygens (including phenoxy) is 1. The van der Waals surface area contributed by atoms with Crippen molar-refractivity contribution < 1.29 is 9.66 Å². The molecule has 0 saturated carbocycles. The minimum absolute atomic E-state index is 0.0912. The highest BCUT2D eigenvalue weighted by atomic mass is 32.1. The van der Waals surface area contributed by atoms with E-state index in [0.717, 1.165) is 50.5 Å². The van der Waals surface area contributed by atoms with E-state index >= 15 is 0 Å². The van der Waals surface area contributed by atoms with Gasteiger partial charge in [0, 0.05) is 36.7 Å². The van der Waals surface area contributed by atoms with E-state index in [9.17, 15) is 10.1 Å². The second kappa shape index (κ2) is 10.0. The molecule has 3 rings (SSSR count). The van der Waals surface area contributed by atoms with Gasteiger partial charge in [-0.1, -0.05) is 18.2 Å². The summed E-state index contributed by atoms with van der Waals surface area (Å²) in [5.41, 5.74) is 1.02. The molecule has 8 heteroatoms. The Morgan fingerprint density at radius 1 is 1.30 bits per heavy atom. The number of nitro groups is 1. The Balaban J connectivity index is 1.55. The summed E-state index contributed by atoms with van der Waals surface area (Å²) in [6, 6.07) is 10.7. The van der Waals surface area contributed by atoms with Crippen LogP contribution in [0.15, 0.2) is 46.8 Å². The van der Waals surface area contributed by atoms with Crippen molar-refractivity contribution in [2.75, 3.05) is 19.7 Å². The van der Waals surface area contributed by atoms with Crippen molar-refractivity contribution in [1.82, 2.24) is 10.6 Å². The van der Waals surface area contributed by atoms with Crippen molar-refractivity contribution in [3.05, 3.63) is 62.3 Å². The molecule has 1 atom stereocenters. The molecule has 1 aromatic carbocycles. The monoisotopic (exact) mass is 388 g/mol. The quantitative estimate of drug-likeness (QED) is 0.314. The van der Waals surface area contributed by atoms with Crippen LogP contribution in [0.4, 0.5) is 5.69 Å². The van der Waals surface area contributed by atoms with Crippen molar-refractivity contribution in [1.29, 1.82) is 0 Å². The summed E-state index contributed by atoms with van der Waals surface area (Å²) in [5, 5.41) is 19.5. The Hall–Kier alpha value is -2.45. The molecule has 0 radical (unpaired) electrons. The maximum absolute atomic E-state index is 10.8. The van der Waals surface area contributed by atoms with Crippen LogP contribution in [0.5, 0.6) is 0 Å². The Kier molecular flexibility index (Phi) is 7.18. The van der Waals surface area contributed by atoms with Gasteiger partial charge >= 0.3 is 0 Å². The second-order valence-corrected chi connectivity index (χ2v) is 7.39. The largest absolute Gasteiger partial charge is 0.376 e. The summed E-state index contributed by atoms with van der Waals surface area (Å²) in [6.45, 7) is 2.80. The second-order valence-electron chi connectivity index (χ2n) is 6.36. The number of guanidine groups is 1. The van der Waals surface area contributed by atoms with Crippen LogP contribution in [0.1, 0.15) is 23.3 Å². The molecule has 2 N–H and O–H groups in total. The molecule has 1 saturated heterocycles. The summed E-state index contributed by atoms with van der Waals surface area (Å²) < 4.78 is 5.66. The normalized spacial score (nSPS) is 17.0. The van der Waals surface area contributed by atoms with E-state index in [1.54, 1.807) is 23.5 Å².